The van der Waals surface area contributed by atoms with E-state index < -0.39 is 0 Å². The predicted molar refractivity (Wildman–Crippen MR) is 106 cm³/mol. The van der Waals surface area contributed by atoms with Gasteiger partial charge in [-0.05, 0) is 55.0 Å². The summed E-state index contributed by atoms with van der Waals surface area (Å²) in [5.74, 6) is 0.844. The molecule has 1 fully saturated rings. The molecule has 1 amide bonds. The monoisotopic (exact) mass is 372 g/mol. The van der Waals surface area contributed by atoms with E-state index in [0.717, 1.165) is 54.4 Å². The van der Waals surface area contributed by atoms with Crippen molar-refractivity contribution in [1.82, 2.24) is 4.90 Å². The van der Waals surface area contributed by atoms with Crippen molar-refractivity contribution in [3.8, 4) is 0 Å². The van der Waals surface area contributed by atoms with E-state index in [9.17, 15) is 9.18 Å². The van der Waals surface area contributed by atoms with Crippen molar-refractivity contribution in [2.24, 2.45) is 5.92 Å². The molecule has 1 N–H and O–H groups in total. The van der Waals surface area contributed by atoms with Gasteiger partial charge >= 0.3 is 0 Å². The molecule has 0 bridgehead atoms. The van der Waals surface area contributed by atoms with E-state index in [4.69, 9.17) is 0 Å². The Morgan fingerprint density at radius 2 is 2.00 bits per heavy atom. The molecule has 0 radical (unpaired) electrons. The molecule has 3 rings (SSSR count). The highest BCUT2D eigenvalue weighted by molar-refractivity contribution is 7.99. The number of hydrogen-bond donors (Lipinski definition) is 1. The average molecular weight is 373 g/mol. The fraction of sp³-hybridized carbons (Fsp3) is 0.381. The summed E-state index contributed by atoms with van der Waals surface area (Å²) in [6.45, 7) is 4.58. The third-order valence-electron chi connectivity index (χ3n) is 4.64. The summed E-state index contributed by atoms with van der Waals surface area (Å²) >= 11 is 1.74. The Morgan fingerprint density at radius 1 is 1.23 bits per heavy atom. The number of carbonyl (C=O) groups excluding carboxylic acids is 1. The molecule has 2 aromatic carbocycles. The molecule has 2 aromatic rings. The lowest BCUT2D eigenvalue weighted by atomic mass is 9.96. The minimum Gasteiger partial charge on any atom is -0.325 e. The number of piperidine rings is 1. The van der Waals surface area contributed by atoms with Gasteiger partial charge in [0.25, 0.3) is 0 Å². The number of benzene rings is 2. The van der Waals surface area contributed by atoms with Crippen LogP contribution in [0.4, 0.5) is 10.1 Å². The minimum atomic E-state index is -0.215. The average Bonchev–Trinajstić information content (AvgIpc) is 2.66. The van der Waals surface area contributed by atoms with Crippen LogP contribution in [0.25, 0.3) is 0 Å². The number of carbonyl (C=O) groups is 1. The van der Waals surface area contributed by atoms with Crippen LogP contribution in [-0.2, 0) is 11.3 Å². The van der Waals surface area contributed by atoms with Crippen molar-refractivity contribution in [2.75, 3.05) is 24.2 Å². The van der Waals surface area contributed by atoms with Crippen molar-refractivity contribution in [2.45, 2.75) is 31.2 Å². The summed E-state index contributed by atoms with van der Waals surface area (Å²) in [5.41, 5.74) is 1.98. The molecule has 0 aromatic heterocycles. The van der Waals surface area contributed by atoms with E-state index in [-0.39, 0.29) is 17.6 Å². The molecule has 0 saturated carbocycles. The standard InChI is InChI=1S/C21H25FN2OS/c1-2-26-20-8-4-3-7-19(20)23-21(25)17-6-5-13-24(15-17)14-16-9-11-18(22)12-10-16/h3-4,7-12,17H,2,5-6,13-15H2,1H3,(H,23,25). The molecule has 1 heterocycles. The first-order valence-corrected chi connectivity index (χ1v) is 10.1. The fourth-order valence-electron chi connectivity index (χ4n) is 3.35. The SMILES string of the molecule is CCSc1ccccc1NC(=O)C1CCCN(Cc2ccc(F)cc2)C1. The van der Waals surface area contributed by atoms with Gasteiger partial charge in [-0.25, -0.2) is 4.39 Å². The van der Waals surface area contributed by atoms with Gasteiger partial charge in [0.1, 0.15) is 5.82 Å². The molecule has 26 heavy (non-hydrogen) atoms. The number of para-hydroxylation sites is 1. The second-order valence-corrected chi connectivity index (χ2v) is 7.93. The first kappa shape index (κ1) is 18.9. The van der Waals surface area contributed by atoms with Crippen LogP contribution in [0.15, 0.2) is 53.4 Å². The van der Waals surface area contributed by atoms with E-state index in [1.54, 1.807) is 11.8 Å². The zero-order chi connectivity index (χ0) is 18.4. The Bertz CT molecular complexity index is 735. The number of amides is 1. The summed E-state index contributed by atoms with van der Waals surface area (Å²) in [4.78, 5) is 16.2. The lowest BCUT2D eigenvalue weighted by Gasteiger charge is -2.32. The van der Waals surface area contributed by atoms with Gasteiger partial charge in [0.05, 0.1) is 11.6 Å². The molecule has 0 spiro atoms. The molecule has 0 aliphatic carbocycles. The number of thioether (sulfide) groups is 1. The highest BCUT2D eigenvalue weighted by Crippen LogP contribution is 2.28. The Hall–Kier alpha value is -1.85. The Morgan fingerprint density at radius 3 is 2.77 bits per heavy atom. The summed E-state index contributed by atoms with van der Waals surface area (Å²) in [7, 11) is 0. The van der Waals surface area contributed by atoms with Gasteiger partial charge in [-0.2, -0.15) is 0 Å². The highest BCUT2D eigenvalue weighted by atomic mass is 32.2. The smallest absolute Gasteiger partial charge is 0.228 e. The molecule has 1 aliphatic heterocycles. The number of nitrogens with zero attached hydrogens (tertiary/aromatic N) is 1. The molecule has 1 atom stereocenters. The lowest BCUT2D eigenvalue weighted by Crippen LogP contribution is -2.40. The van der Waals surface area contributed by atoms with Gasteiger partial charge in [0, 0.05) is 18.0 Å². The van der Waals surface area contributed by atoms with E-state index in [1.807, 2.05) is 36.4 Å². The number of anilines is 1. The maximum absolute atomic E-state index is 13.1. The zero-order valence-electron chi connectivity index (χ0n) is 15.1. The van der Waals surface area contributed by atoms with Crippen molar-refractivity contribution in [3.05, 3.63) is 59.9 Å². The molecule has 1 unspecified atom stereocenters. The first-order valence-electron chi connectivity index (χ1n) is 9.15. The van der Waals surface area contributed by atoms with Crippen LogP contribution in [-0.4, -0.2) is 29.6 Å². The topological polar surface area (TPSA) is 32.3 Å². The third-order valence-corrected chi connectivity index (χ3v) is 5.60. The summed E-state index contributed by atoms with van der Waals surface area (Å²) in [6, 6.07) is 14.6. The second-order valence-electron chi connectivity index (χ2n) is 6.62. The summed E-state index contributed by atoms with van der Waals surface area (Å²) in [6.07, 6.45) is 1.92. The first-order chi connectivity index (χ1) is 12.7. The van der Waals surface area contributed by atoms with Gasteiger partial charge in [0.15, 0.2) is 0 Å². The van der Waals surface area contributed by atoms with Crippen molar-refractivity contribution in [3.63, 3.8) is 0 Å². The Balaban J connectivity index is 1.60. The van der Waals surface area contributed by atoms with Crippen LogP contribution in [0.2, 0.25) is 0 Å². The maximum Gasteiger partial charge on any atom is 0.228 e. The molecule has 1 aliphatic rings. The van der Waals surface area contributed by atoms with Crippen LogP contribution in [0, 0.1) is 11.7 Å². The quantitative estimate of drug-likeness (QED) is 0.740. The number of hydrogen-bond acceptors (Lipinski definition) is 3. The van der Waals surface area contributed by atoms with Crippen LogP contribution in [0.5, 0.6) is 0 Å². The summed E-state index contributed by atoms with van der Waals surface area (Å²) < 4.78 is 13.1. The molecule has 138 valence electrons. The van der Waals surface area contributed by atoms with Crippen LogP contribution in [0.1, 0.15) is 25.3 Å². The predicted octanol–water partition coefficient (Wildman–Crippen LogP) is 4.79. The van der Waals surface area contributed by atoms with Crippen molar-refractivity contribution in [1.29, 1.82) is 0 Å². The van der Waals surface area contributed by atoms with E-state index in [1.165, 1.54) is 12.1 Å². The maximum atomic E-state index is 13.1. The Labute approximate surface area is 159 Å². The molecule has 1 saturated heterocycles. The van der Waals surface area contributed by atoms with Gasteiger partial charge in [-0.1, -0.05) is 31.2 Å². The van der Waals surface area contributed by atoms with Crippen molar-refractivity contribution < 1.29 is 9.18 Å². The molecule has 3 nitrogen and oxygen atoms in total. The van der Waals surface area contributed by atoms with Gasteiger partial charge < -0.3 is 5.32 Å². The minimum absolute atomic E-state index is 0.0103. The van der Waals surface area contributed by atoms with E-state index in [2.05, 4.69) is 17.1 Å². The van der Waals surface area contributed by atoms with Crippen molar-refractivity contribution >= 4 is 23.4 Å². The van der Waals surface area contributed by atoms with E-state index >= 15 is 0 Å². The summed E-state index contributed by atoms with van der Waals surface area (Å²) in [5, 5.41) is 3.12. The number of nitrogens with one attached hydrogen (secondary N) is 1. The lowest BCUT2D eigenvalue weighted by molar-refractivity contribution is -0.121. The second kappa shape index (κ2) is 9.19. The van der Waals surface area contributed by atoms with Crippen LogP contribution < -0.4 is 5.32 Å². The van der Waals surface area contributed by atoms with Crippen LogP contribution >= 0.6 is 11.8 Å². The Kier molecular flexibility index (Phi) is 6.69. The normalized spacial score (nSPS) is 17.8. The van der Waals surface area contributed by atoms with Crippen LogP contribution in [0.3, 0.4) is 0 Å². The van der Waals surface area contributed by atoms with E-state index in [0.29, 0.717) is 0 Å². The largest absolute Gasteiger partial charge is 0.325 e. The number of halogens is 1. The fourth-order valence-corrected chi connectivity index (χ4v) is 4.11. The molecular formula is C21H25FN2OS. The van der Waals surface area contributed by atoms with Gasteiger partial charge in [-0.15, -0.1) is 11.8 Å². The molecular weight excluding hydrogens is 347 g/mol. The third kappa shape index (κ3) is 5.08. The highest BCUT2D eigenvalue weighted by Gasteiger charge is 2.26. The number of likely N-dealkylation sites (tertiary alicyclic amines) is 1. The van der Waals surface area contributed by atoms with Gasteiger partial charge in [0.2, 0.25) is 5.91 Å². The zero-order valence-corrected chi connectivity index (χ0v) is 15.9. The molecule has 5 heteroatoms. The number of rotatable bonds is 6. The van der Waals surface area contributed by atoms with Gasteiger partial charge in [-0.3, -0.25) is 9.69 Å².